The maximum Gasteiger partial charge on any atom is 0.336 e. The van der Waals surface area contributed by atoms with E-state index in [1.165, 1.54) is 0 Å². The Morgan fingerprint density at radius 1 is 0.939 bits per heavy atom. The van der Waals surface area contributed by atoms with Gasteiger partial charge in [0.1, 0.15) is 5.82 Å². The molecule has 0 aliphatic rings. The second-order valence-corrected chi connectivity index (χ2v) is 7.74. The van der Waals surface area contributed by atoms with Crippen molar-refractivity contribution >= 4 is 11.8 Å². The molecule has 0 fully saturated rings. The van der Waals surface area contributed by atoms with Gasteiger partial charge in [-0.25, -0.2) is 14.5 Å². The van der Waals surface area contributed by atoms with E-state index in [4.69, 9.17) is 0 Å². The Kier molecular flexibility index (Phi) is 6.69. The predicted octanol–water partition coefficient (Wildman–Crippen LogP) is 4.46. The van der Waals surface area contributed by atoms with Crippen molar-refractivity contribution in [3.8, 4) is 11.3 Å². The van der Waals surface area contributed by atoms with E-state index in [1.807, 2.05) is 43.3 Å². The number of aromatic carboxylic acids is 1. The van der Waals surface area contributed by atoms with Crippen LogP contribution in [0.15, 0.2) is 72.9 Å². The number of Topliss-reactive ketones (excluding diaryl/α,β-unsaturated/α-hetero) is 1. The molecule has 0 spiro atoms. The molecular formula is C26H24N4O3. The molecule has 2 heterocycles. The minimum absolute atomic E-state index is 0.115. The van der Waals surface area contributed by atoms with E-state index in [0.717, 1.165) is 17.5 Å². The summed E-state index contributed by atoms with van der Waals surface area (Å²) in [5.74, 6) is -0.177. The van der Waals surface area contributed by atoms with Crippen LogP contribution in [0.3, 0.4) is 0 Å². The van der Waals surface area contributed by atoms with Crippen LogP contribution >= 0.6 is 0 Å². The fourth-order valence-electron chi connectivity index (χ4n) is 3.64. The maximum atomic E-state index is 12.7. The van der Waals surface area contributed by atoms with Crippen molar-refractivity contribution in [2.75, 3.05) is 0 Å². The Balaban J connectivity index is 1.55. The summed E-state index contributed by atoms with van der Waals surface area (Å²) >= 11 is 0. The lowest BCUT2D eigenvalue weighted by Crippen LogP contribution is -2.08. The smallest absolute Gasteiger partial charge is 0.336 e. The molecule has 0 radical (unpaired) electrons. The van der Waals surface area contributed by atoms with Gasteiger partial charge in [-0.15, -0.1) is 5.10 Å². The first kappa shape index (κ1) is 22.1. The zero-order chi connectivity index (χ0) is 23.2. The van der Waals surface area contributed by atoms with Gasteiger partial charge in [0.2, 0.25) is 11.6 Å². The monoisotopic (exact) mass is 440 g/mol. The third-order valence-corrected chi connectivity index (χ3v) is 5.26. The molecule has 0 aliphatic heterocycles. The summed E-state index contributed by atoms with van der Waals surface area (Å²) < 4.78 is 1.78. The van der Waals surface area contributed by atoms with Crippen molar-refractivity contribution in [3.05, 3.63) is 101 Å². The molecule has 4 rings (SSSR count). The predicted molar refractivity (Wildman–Crippen MR) is 124 cm³/mol. The molecule has 166 valence electrons. The van der Waals surface area contributed by atoms with Gasteiger partial charge in [-0.2, -0.15) is 0 Å². The summed E-state index contributed by atoms with van der Waals surface area (Å²) in [7, 11) is 0. The zero-order valence-electron chi connectivity index (χ0n) is 18.3. The number of pyridine rings is 1. The van der Waals surface area contributed by atoms with Crippen LogP contribution in [0.4, 0.5) is 0 Å². The van der Waals surface area contributed by atoms with Crippen LogP contribution in [0.1, 0.15) is 51.3 Å². The molecule has 7 heteroatoms. The topological polar surface area (TPSA) is 98.0 Å². The van der Waals surface area contributed by atoms with Crippen LogP contribution in [0.2, 0.25) is 0 Å². The fraction of sp³-hybridized carbons (Fsp3) is 0.192. The molecule has 0 saturated carbocycles. The van der Waals surface area contributed by atoms with E-state index < -0.39 is 5.97 Å². The quantitative estimate of drug-likeness (QED) is 0.386. The molecule has 2 aromatic heterocycles. The highest BCUT2D eigenvalue weighted by atomic mass is 16.4. The Labute approximate surface area is 191 Å². The fourth-order valence-corrected chi connectivity index (χ4v) is 3.64. The Bertz CT molecular complexity index is 1260. The summed E-state index contributed by atoms with van der Waals surface area (Å²) in [5, 5.41) is 13.9. The summed E-state index contributed by atoms with van der Waals surface area (Å²) in [5.41, 5.74) is 3.20. The Morgan fingerprint density at radius 3 is 2.39 bits per heavy atom. The highest BCUT2D eigenvalue weighted by molar-refractivity contribution is 5.95. The highest BCUT2D eigenvalue weighted by Gasteiger charge is 2.17. The number of aromatic nitrogens is 4. The van der Waals surface area contributed by atoms with Crippen molar-refractivity contribution in [2.45, 2.75) is 32.7 Å². The van der Waals surface area contributed by atoms with Gasteiger partial charge >= 0.3 is 5.97 Å². The molecule has 2 aromatic carbocycles. The van der Waals surface area contributed by atoms with E-state index >= 15 is 0 Å². The van der Waals surface area contributed by atoms with Crippen LogP contribution < -0.4 is 0 Å². The third-order valence-electron chi connectivity index (χ3n) is 5.26. The standard InChI is InChI=1S/C26H24N4O3/c1-2-14-30-24(28-25(29-30)23(31)15-18-8-4-3-5-9-18)16-19-12-13-22(27-17-19)20-10-6-7-11-21(20)26(32)33/h3-13,17H,2,14-16H2,1H3,(H,32,33). The van der Waals surface area contributed by atoms with Crippen LogP contribution in [0.25, 0.3) is 11.3 Å². The number of benzene rings is 2. The molecule has 4 aromatic rings. The van der Waals surface area contributed by atoms with E-state index in [9.17, 15) is 14.7 Å². The molecule has 0 bridgehead atoms. The first-order chi connectivity index (χ1) is 16.0. The highest BCUT2D eigenvalue weighted by Crippen LogP contribution is 2.22. The molecular weight excluding hydrogens is 416 g/mol. The number of carbonyl (C=O) groups is 2. The Morgan fingerprint density at radius 2 is 1.70 bits per heavy atom. The van der Waals surface area contributed by atoms with Crippen molar-refractivity contribution < 1.29 is 14.7 Å². The van der Waals surface area contributed by atoms with Crippen molar-refractivity contribution in [1.29, 1.82) is 0 Å². The number of nitrogens with zero attached hydrogens (tertiary/aromatic N) is 4. The average molecular weight is 441 g/mol. The number of carboxylic acids is 1. The van der Waals surface area contributed by atoms with Crippen molar-refractivity contribution in [3.63, 3.8) is 0 Å². The average Bonchev–Trinajstić information content (AvgIpc) is 3.23. The molecule has 0 atom stereocenters. The van der Waals surface area contributed by atoms with Gasteiger partial charge in [0.05, 0.1) is 11.3 Å². The molecule has 33 heavy (non-hydrogen) atoms. The molecule has 0 aliphatic carbocycles. The molecule has 1 N–H and O–H groups in total. The summed E-state index contributed by atoms with van der Waals surface area (Å²) in [6.07, 6.45) is 3.31. The van der Waals surface area contributed by atoms with E-state index in [0.29, 0.717) is 30.0 Å². The summed E-state index contributed by atoms with van der Waals surface area (Å²) in [6, 6.07) is 20.1. The van der Waals surface area contributed by atoms with Gasteiger partial charge in [-0.05, 0) is 29.7 Å². The number of rotatable bonds is 9. The number of aryl methyl sites for hydroxylation is 1. The van der Waals surface area contributed by atoms with E-state index in [-0.39, 0.29) is 23.6 Å². The van der Waals surface area contributed by atoms with E-state index in [2.05, 4.69) is 15.1 Å². The normalized spacial score (nSPS) is 10.8. The van der Waals surface area contributed by atoms with Crippen molar-refractivity contribution in [1.82, 2.24) is 19.7 Å². The van der Waals surface area contributed by atoms with Gasteiger partial charge in [0, 0.05) is 31.1 Å². The number of ketones is 1. The minimum atomic E-state index is -0.989. The first-order valence-electron chi connectivity index (χ1n) is 10.8. The largest absolute Gasteiger partial charge is 0.478 e. The third kappa shape index (κ3) is 5.20. The zero-order valence-corrected chi connectivity index (χ0v) is 18.3. The van der Waals surface area contributed by atoms with Crippen LogP contribution in [0, 0.1) is 0 Å². The number of carboxylic acid groups (broad SMARTS) is 1. The van der Waals surface area contributed by atoms with Gasteiger partial charge in [0.25, 0.3) is 0 Å². The van der Waals surface area contributed by atoms with Gasteiger partial charge in [-0.3, -0.25) is 9.78 Å². The summed E-state index contributed by atoms with van der Waals surface area (Å²) in [6.45, 7) is 2.71. The lowest BCUT2D eigenvalue weighted by molar-refractivity contribution is 0.0697. The lowest BCUT2D eigenvalue weighted by atomic mass is 10.0. The van der Waals surface area contributed by atoms with Gasteiger partial charge in [0.15, 0.2) is 0 Å². The maximum absolute atomic E-state index is 12.7. The summed E-state index contributed by atoms with van der Waals surface area (Å²) in [4.78, 5) is 33.2. The van der Waals surface area contributed by atoms with Gasteiger partial charge < -0.3 is 5.11 Å². The van der Waals surface area contributed by atoms with Crippen LogP contribution in [0.5, 0.6) is 0 Å². The minimum Gasteiger partial charge on any atom is -0.478 e. The first-order valence-corrected chi connectivity index (χ1v) is 10.8. The van der Waals surface area contributed by atoms with Crippen LogP contribution in [-0.2, 0) is 19.4 Å². The number of hydrogen-bond acceptors (Lipinski definition) is 5. The number of hydrogen-bond donors (Lipinski definition) is 1. The number of carbonyl (C=O) groups excluding carboxylic acids is 1. The molecule has 0 unspecified atom stereocenters. The second-order valence-electron chi connectivity index (χ2n) is 7.74. The Hall–Kier alpha value is -4.13. The van der Waals surface area contributed by atoms with E-state index in [1.54, 1.807) is 41.2 Å². The second kappa shape index (κ2) is 9.99. The lowest BCUT2D eigenvalue weighted by Gasteiger charge is -2.07. The molecule has 0 amide bonds. The SMILES string of the molecule is CCCn1nc(C(=O)Cc2ccccc2)nc1Cc1ccc(-c2ccccc2C(=O)O)nc1. The van der Waals surface area contributed by atoms with Crippen molar-refractivity contribution in [2.24, 2.45) is 0 Å². The van der Waals surface area contributed by atoms with Gasteiger partial charge in [-0.1, -0.05) is 61.5 Å². The molecule has 0 saturated heterocycles. The van der Waals surface area contributed by atoms with Crippen LogP contribution in [-0.4, -0.2) is 36.6 Å². The molecule has 7 nitrogen and oxygen atoms in total.